The van der Waals surface area contributed by atoms with Gasteiger partial charge < -0.3 is 40.0 Å². The third kappa shape index (κ3) is 54.0. The fourth-order valence-corrected chi connectivity index (χ4v) is 1.25. The van der Waals surface area contributed by atoms with E-state index in [9.17, 15) is 9.13 Å². The van der Waals surface area contributed by atoms with Crippen LogP contribution in [-0.2, 0) is 18.0 Å². The Morgan fingerprint density at radius 1 is 0.688 bits per heavy atom. The van der Waals surface area contributed by atoms with Crippen molar-refractivity contribution in [2.24, 2.45) is 0 Å². The predicted octanol–water partition coefficient (Wildman–Crippen LogP) is -2.05. The zero-order valence-corrected chi connectivity index (χ0v) is 14.6. The molecule has 16 heavy (non-hydrogen) atoms. The second-order valence-electron chi connectivity index (χ2n) is 1.58. The molecule has 0 heterocycles. The molecule has 11 nitrogen and oxygen atoms in total. The first-order valence-electron chi connectivity index (χ1n) is 2.31. The van der Waals surface area contributed by atoms with Crippen LogP contribution in [-0.4, -0.2) is 110 Å². The summed E-state index contributed by atoms with van der Waals surface area (Å²) in [5.41, 5.74) is 0. The molecule has 0 aromatic carbocycles. The van der Waals surface area contributed by atoms with Gasteiger partial charge in [-0.05, 0) is 0 Å². The van der Waals surface area contributed by atoms with Crippen molar-refractivity contribution in [3.05, 3.63) is 0 Å². The number of hydrogen-bond acceptors (Lipinski definition) is 4. The standard InChI is InChI=1S/2Ca.H4O7P2.H3O4P.4H/c;;1-8(2,3)7-9(4,5)6;1-5(2,3)4;;;;/h;;(H2,1,2,3)(H2,4,5,6);(H3,1,2,3,4);;;;/q2*+2;;;4*-1. The fraction of sp³-hybridized carbons (Fsp3) is 0. The average Bonchev–Trinajstić information content (AvgIpc) is 1.42. The molecule has 0 aromatic heterocycles. The van der Waals surface area contributed by atoms with Gasteiger partial charge in [0.05, 0.1) is 0 Å². The van der Waals surface area contributed by atoms with Gasteiger partial charge in [0.15, 0.2) is 0 Å². The van der Waals surface area contributed by atoms with Gasteiger partial charge in [-0.3, -0.25) is 0 Å². The van der Waals surface area contributed by atoms with Crippen LogP contribution >= 0.6 is 23.5 Å². The normalized spacial score (nSPS) is 11.4. The minimum atomic E-state index is -5.05. The third-order valence-electron chi connectivity index (χ3n) is 0.213. The zero-order chi connectivity index (χ0) is 12.2. The SMILES string of the molecule is O=P(O)(O)O.O=P(O)(O)OP(=O)(O)O.[Ca+2].[Ca+2].[H-].[H-].[H-].[H-]. The maximum atomic E-state index is 9.63. The molecule has 0 amide bonds. The first-order chi connectivity index (χ1) is 5.71. The topological polar surface area (TPSA) is 202 Å². The quantitative estimate of drug-likeness (QED) is 0.211. The van der Waals surface area contributed by atoms with E-state index in [0.29, 0.717) is 0 Å². The van der Waals surface area contributed by atoms with Gasteiger partial charge in [0.25, 0.3) is 0 Å². The molecule has 16 heteroatoms. The Hall–Kier alpha value is 2.89. The van der Waals surface area contributed by atoms with Crippen LogP contribution in [0.4, 0.5) is 0 Å². The van der Waals surface area contributed by atoms with E-state index in [1.165, 1.54) is 0 Å². The van der Waals surface area contributed by atoms with Crippen LogP contribution in [0.1, 0.15) is 5.71 Å². The molecule has 0 bridgehead atoms. The van der Waals surface area contributed by atoms with E-state index in [1.54, 1.807) is 0 Å². The molecule has 0 atom stereocenters. The van der Waals surface area contributed by atoms with Crippen LogP contribution in [0.25, 0.3) is 0 Å². The van der Waals surface area contributed by atoms with Crippen LogP contribution in [0.2, 0.25) is 0 Å². The second-order valence-corrected chi connectivity index (χ2v) is 5.22. The molecular formula is H11Ca2O11P3. The predicted molar refractivity (Wildman–Crippen MR) is 55.4 cm³/mol. The molecule has 7 N–H and O–H groups in total. The third-order valence-corrected chi connectivity index (χ3v) is 1.91. The summed E-state index contributed by atoms with van der Waals surface area (Å²) < 4.78 is 31.1. The summed E-state index contributed by atoms with van der Waals surface area (Å²) in [4.78, 5) is 52.6. The van der Waals surface area contributed by atoms with E-state index >= 15 is 0 Å². The maximum Gasteiger partial charge on any atom is 2.00 e. The fourth-order valence-electron chi connectivity index (χ4n) is 0.139. The molecule has 0 rings (SSSR count). The molecule has 0 saturated heterocycles. The Kier molecular flexibility index (Phi) is 18.2. The van der Waals surface area contributed by atoms with Crippen molar-refractivity contribution in [1.82, 2.24) is 0 Å². The molecule has 0 spiro atoms. The largest absolute Gasteiger partial charge is 2.00 e. The maximum absolute atomic E-state index is 9.63. The summed E-state index contributed by atoms with van der Waals surface area (Å²) in [7, 11) is -14.7. The smallest absolute Gasteiger partial charge is 1.00 e. The van der Waals surface area contributed by atoms with Gasteiger partial charge in [-0.2, -0.15) is 4.31 Å². The van der Waals surface area contributed by atoms with Crippen molar-refractivity contribution in [1.29, 1.82) is 0 Å². The van der Waals surface area contributed by atoms with Crippen LogP contribution < -0.4 is 0 Å². The van der Waals surface area contributed by atoms with Crippen LogP contribution in [0.5, 0.6) is 0 Å². The molecule has 0 aliphatic carbocycles. The van der Waals surface area contributed by atoms with Crippen molar-refractivity contribution in [2.45, 2.75) is 0 Å². The van der Waals surface area contributed by atoms with E-state index in [0.717, 1.165) is 0 Å². The monoisotopic (exact) mass is 360 g/mol. The average molecular weight is 360 g/mol. The number of phosphoric acid groups is 3. The van der Waals surface area contributed by atoms with E-state index in [4.69, 9.17) is 38.8 Å². The molecule has 96 valence electrons. The van der Waals surface area contributed by atoms with E-state index in [2.05, 4.69) is 4.31 Å². The molecular weight excluding hydrogens is 349 g/mol. The van der Waals surface area contributed by atoms with E-state index < -0.39 is 23.5 Å². The summed E-state index contributed by atoms with van der Waals surface area (Å²) in [5.74, 6) is 0. The summed E-state index contributed by atoms with van der Waals surface area (Å²) in [6.45, 7) is 0. The molecule has 0 unspecified atom stereocenters. The Morgan fingerprint density at radius 3 is 0.812 bits per heavy atom. The van der Waals surface area contributed by atoms with Crippen LogP contribution in [0, 0.1) is 0 Å². The first-order valence-corrected chi connectivity index (χ1v) is 6.94. The molecule has 0 saturated carbocycles. The van der Waals surface area contributed by atoms with Crippen molar-refractivity contribution in [2.75, 3.05) is 0 Å². The van der Waals surface area contributed by atoms with Crippen LogP contribution in [0.3, 0.4) is 0 Å². The van der Waals surface area contributed by atoms with Crippen molar-refractivity contribution >= 4 is 98.9 Å². The summed E-state index contributed by atoms with van der Waals surface area (Å²) >= 11 is 0. The van der Waals surface area contributed by atoms with E-state index in [-0.39, 0.29) is 81.2 Å². The van der Waals surface area contributed by atoms with Crippen LogP contribution in [0.15, 0.2) is 0 Å². The van der Waals surface area contributed by atoms with Gasteiger partial charge in [-0.25, -0.2) is 13.7 Å². The van der Waals surface area contributed by atoms with Crippen molar-refractivity contribution < 1.29 is 58.0 Å². The van der Waals surface area contributed by atoms with E-state index in [1.807, 2.05) is 0 Å². The minimum absolute atomic E-state index is 0. The van der Waals surface area contributed by atoms with Gasteiger partial charge in [0.1, 0.15) is 0 Å². The summed E-state index contributed by atoms with van der Waals surface area (Å²) in [5, 5.41) is 0. The van der Waals surface area contributed by atoms with Crippen molar-refractivity contribution in [3.63, 3.8) is 0 Å². The van der Waals surface area contributed by atoms with Gasteiger partial charge >= 0.3 is 98.9 Å². The number of hydrogen-bond donors (Lipinski definition) is 7. The van der Waals surface area contributed by atoms with Gasteiger partial charge in [-0.15, -0.1) is 0 Å². The summed E-state index contributed by atoms with van der Waals surface area (Å²) in [6, 6.07) is 0. The summed E-state index contributed by atoms with van der Waals surface area (Å²) in [6.07, 6.45) is 0. The van der Waals surface area contributed by atoms with Gasteiger partial charge in [-0.1, -0.05) is 0 Å². The molecule has 0 radical (unpaired) electrons. The molecule has 0 aliphatic rings. The minimum Gasteiger partial charge on any atom is -1.00 e. The Morgan fingerprint density at radius 2 is 0.812 bits per heavy atom. The Bertz CT molecular complexity index is 277. The van der Waals surface area contributed by atoms with Crippen molar-refractivity contribution in [3.8, 4) is 0 Å². The molecule has 0 aliphatic heterocycles. The van der Waals surface area contributed by atoms with Gasteiger partial charge in [0, 0.05) is 0 Å². The zero-order valence-electron chi connectivity index (χ0n) is 11.5. The Balaban J connectivity index is -0.0000000199. The number of rotatable bonds is 2. The Labute approximate surface area is 155 Å². The first kappa shape index (κ1) is 27.3. The molecule has 0 fully saturated rings. The second kappa shape index (κ2) is 10.7. The molecule has 0 aromatic rings. The van der Waals surface area contributed by atoms with Gasteiger partial charge in [0.2, 0.25) is 0 Å².